The molecule has 35 heavy (non-hydrogen) atoms. The van der Waals surface area contributed by atoms with E-state index in [-0.39, 0.29) is 21.8 Å². The van der Waals surface area contributed by atoms with E-state index in [0.29, 0.717) is 17.7 Å². The smallest absolute Gasteiger partial charge is 0.335 e. The largest absolute Gasteiger partial charge is 0.478 e. The van der Waals surface area contributed by atoms with Gasteiger partial charge in [-0.1, -0.05) is 89.0 Å². The van der Waals surface area contributed by atoms with Crippen LogP contribution in [0.1, 0.15) is 45.0 Å². The summed E-state index contributed by atoms with van der Waals surface area (Å²) in [6.45, 7) is 2.05. The first-order valence-corrected chi connectivity index (χ1v) is 11.6. The molecule has 4 rings (SSSR count). The van der Waals surface area contributed by atoms with Gasteiger partial charge in [-0.2, -0.15) is 0 Å². The summed E-state index contributed by atoms with van der Waals surface area (Å²) in [6.07, 6.45) is 0.407. The minimum absolute atomic E-state index is 0.101. The molecule has 0 spiro atoms. The number of benzene rings is 3. The Morgan fingerprint density at radius 1 is 0.886 bits per heavy atom. The Kier molecular flexibility index (Phi) is 7.49. The van der Waals surface area contributed by atoms with Crippen LogP contribution in [0.5, 0.6) is 0 Å². The summed E-state index contributed by atoms with van der Waals surface area (Å²) < 4.78 is 0. The molecule has 4 aromatic rings. The minimum atomic E-state index is -0.953. The van der Waals surface area contributed by atoms with Gasteiger partial charge in [0, 0.05) is 17.9 Å². The van der Waals surface area contributed by atoms with Gasteiger partial charge in [0.05, 0.1) is 11.3 Å². The number of oxime groups is 1. The van der Waals surface area contributed by atoms with Crippen LogP contribution in [0, 0.1) is 6.92 Å². The van der Waals surface area contributed by atoms with Gasteiger partial charge in [-0.3, -0.25) is 0 Å². The Hall–Kier alpha value is -3.67. The SMILES string of the molecule is Cc1ccccc1C(CC(=NO)c1cc(Cl)nc(Cl)c1)c1ccc(-c2ccc(C(=O)O)cc2)cc1. The second-order valence-corrected chi connectivity index (χ2v) is 8.94. The van der Waals surface area contributed by atoms with Gasteiger partial charge in [-0.05, 0) is 59.0 Å². The van der Waals surface area contributed by atoms with Crippen LogP contribution in [-0.2, 0) is 0 Å². The fourth-order valence-electron chi connectivity index (χ4n) is 4.14. The molecular formula is C28H22Cl2N2O3. The van der Waals surface area contributed by atoms with Crippen molar-refractivity contribution in [3.05, 3.63) is 123 Å². The van der Waals surface area contributed by atoms with Crippen LogP contribution in [0.3, 0.4) is 0 Å². The predicted octanol–water partition coefficient (Wildman–Crippen LogP) is 7.46. The van der Waals surface area contributed by atoms with Crippen molar-refractivity contribution in [3.8, 4) is 11.1 Å². The third-order valence-corrected chi connectivity index (χ3v) is 6.34. The van der Waals surface area contributed by atoms with Gasteiger partial charge in [0.1, 0.15) is 10.3 Å². The van der Waals surface area contributed by atoms with Gasteiger partial charge in [0.2, 0.25) is 0 Å². The number of nitrogens with zero attached hydrogens (tertiary/aromatic N) is 2. The van der Waals surface area contributed by atoms with Crippen LogP contribution in [0.4, 0.5) is 0 Å². The van der Waals surface area contributed by atoms with Crippen molar-refractivity contribution >= 4 is 34.9 Å². The highest BCUT2D eigenvalue weighted by atomic mass is 35.5. The lowest BCUT2D eigenvalue weighted by molar-refractivity contribution is 0.0697. The molecule has 1 unspecified atom stereocenters. The van der Waals surface area contributed by atoms with E-state index in [9.17, 15) is 10.0 Å². The number of aromatic nitrogens is 1. The number of aromatic carboxylic acids is 1. The van der Waals surface area contributed by atoms with Gasteiger partial charge in [-0.15, -0.1) is 0 Å². The molecule has 3 aromatic carbocycles. The lowest BCUT2D eigenvalue weighted by Crippen LogP contribution is -2.12. The van der Waals surface area contributed by atoms with E-state index >= 15 is 0 Å². The second-order valence-electron chi connectivity index (χ2n) is 8.17. The maximum Gasteiger partial charge on any atom is 0.335 e. The number of carboxylic acid groups (broad SMARTS) is 1. The molecule has 1 heterocycles. The summed E-state index contributed by atoms with van der Waals surface area (Å²) in [5, 5.41) is 23.0. The summed E-state index contributed by atoms with van der Waals surface area (Å²) in [5.41, 5.74) is 6.46. The Balaban J connectivity index is 1.70. The zero-order valence-electron chi connectivity index (χ0n) is 18.8. The topological polar surface area (TPSA) is 82.8 Å². The Morgan fingerprint density at radius 2 is 1.46 bits per heavy atom. The van der Waals surface area contributed by atoms with E-state index in [1.54, 1.807) is 36.4 Å². The zero-order valence-corrected chi connectivity index (χ0v) is 20.3. The minimum Gasteiger partial charge on any atom is -0.478 e. The summed E-state index contributed by atoms with van der Waals surface area (Å²) in [7, 11) is 0. The fraction of sp³-hybridized carbons (Fsp3) is 0.107. The highest BCUT2D eigenvalue weighted by Crippen LogP contribution is 2.34. The van der Waals surface area contributed by atoms with E-state index in [0.717, 1.165) is 27.8 Å². The zero-order chi connectivity index (χ0) is 24.9. The maximum atomic E-state index is 11.1. The predicted molar refractivity (Wildman–Crippen MR) is 139 cm³/mol. The first-order chi connectivity index (χ1) is 16.9. The molecule has 0 bridgehead atoms. The van der Waals surface area contributed by atoms with Crippen molar-refractivity contribution in [1.29, 1.82) is 0 Å². The Morgan fingerprint density at radius 3 is 2.00 bits per heavy atom. The van der Waals surface area contributed by atoms with Gasteiger partial charge in [-0.25, -0.2) is 9.78 Å². The molecule has 0 radical (unpaired) electrons. The second kappa shape index (κ2) is 10.7. The molecule has 0 aliphatic carbocycles. The number of hydrogen-bond donors (Lipinski definition) is 2. The molecular weight excluding hydrogens is 483 g/mol. The number of rotatable bonds is 7. The van der Waals surface area contributed by atoms with E-state index in [1.165, 1.54) is 0 Å². The molecule has 0 aliphatic heterocycles. The van der Waals surface area contributed by atoms with Crippen molar-refractivity contribution in [2.75, 3.05) is 0 Å². The van der Waals surface area contributed by atoms with Gasteiger partial charge >= 0.3 is 5.97 Å². The van der Waals surface area contributed by atoms with Gasteiger partial charge in [0.15, 0.2) is 0 Å². The van der Waals surface area contributed by atoms with Crippen molar-refractivity contribution < 1.29 is 15.1 Å². The molecule has 0 aliphatic rings. The van der Waals surface area contributed by atoms with Gasteiger partial charge < -0.3 is 10.3 Å². The molecule has 5 nitrogen and oxygen atoms in total. The van der Waals surface area contributed by atoms with Crippen LogP contribution in [0.25, 0.3) is 11.1 Å². The Bertz CT molecular complexity index is 1360. The first kappa shape index (κ1) is 24.5. The van der Waals surface area contributed by atoms with E-state index in [2.05, 4.69) is 29.2 Å². The van der Waals surface area contributed by atoms with Crippen molar-refractivity contribution in [2.45, 2.75) is 19.3 Å². The van der Waals surface area contributed by atoms with Crippen LogP contribution < -0.4 is 0 Å². The summed E-state index contributed by atoms with van der Waals surface area (Å²) in [5.74, 6) is -1.05. The lowest BCUT2D eigenvalue weighted by atomic mass is 9.83. The number of carbonyl (C=O) groups is 1. The van der Waals surface area contributed by atoms with Crippen molar-refractivity contribution in [1.82, 2.24) is 4.98 Å². The highest BCUT2D eigenvalue weighted by Gasteiger charge is 2.21. The van der Waals surface area contributed by atoms with E-state index in [4.69, 9.17) is 28.3 Å². The van der Waals surface area contributed by atoms with E-state index in [1.807, 2.05) is 36.4 Å². The number of halogens is 2. The highest BCUT2D eigenvalue weighted by molar-refractivity contribution is 6.33. The van der Waals surface area contributed by atoms with Crippen molar-refractivity contribution in [3.63, 3.8) is 0 Å². The van der Waals surface area contributed by atoms with Crippen LogP contribution in [0.15, 0.2) is 90.1 Å². The average molecular weight is 505 g/mol. The van der Waals surface area contributed by atoms with Crippen molar-refractivity contribution in [2.24, 2.45) is 5.16 Å². The van der Waals surface area contributed by atoms with E-state index < -0.39 is 5.97 Å². The third kappa shape index (κ3) is 5.70. The van der Waals surface area contributed by atoms with Gasteiger partial charge in [0.25, 0.3) is 0 Å². The lowest BCUT2D eigenvalue weighted by Gasteiger charge is -2.21. The average Bonchev–Trinajstić information content (AvgIpc) is 2.85. The van der Waals surface area contributed by atoms with Crippen LogP contribution in [-0.4, -0.2) is 27.0 Å². The number of hydrogen-bond acceptors (Lipinski definition) is 4. The number of pyridine rings is 1. The maximum absolute atomic E-state index is 11.1. The monoisotopic (exact) mass is 504 g/mol. The summed E-state index contributed by atoms with van der Waals surface area (Å²) >= 11 is 12.2. The molecule has 2 N–H and O–H groups in total. The number of aryl methyl sites for hydroxylation is 1. The third-order valence-electron chi connectivity index (χ3n) is 5.96. The molecule has 0 saturated heterocycles. The normalized spacial score (nSPS) is 12.4. The molecule has 0 saturated carbocycles. The first-order valence-electron chi connectivity index (χ1n) is 10.9. The summed E-state index contributed by atoms with van der Waals surface area (Å²) in [6, 6.07) is 26.2. The van der Waals surface area contributed by atoms with Crippen LogP contribution >= 0.6 is 23.2 Å². The molecule has 1 aromatic heterocycles. The Labute approximate surface area is 213 Å². The molecule has 176 valence electrons. The molecule has 7 heteroatoms. The standard InChI is InChI=1S/C28H22Cl2N2O3/c1-17-4-2-3-5-23(17)24(16-25(32-35)22-14-26(29)31-27(30)15-22)20-10-6-18(7-11-20)19-8-12-21(13-9-19)28(33)34/h2-15,24,35H,16H2,1H3,(H,33,34). The quantitative estimate of drug-likeness (QED) is 0.118. The molecule has 0 fully saturated rings. The molecule has 0 amide bonds. The number of carboxylic acids is 1. The molecule has 1 atom stereocenters. The van der Waals surface area contributed by atoms with Crippen LogP contribution in [0.2, 0.25) is 10.3 Å². The fourth-order valence-corrected chi connectivity index (χ4v) is 4.60. The summed E-state index contributed by atoms with van der Waals surface area (Å²) in [4.78, 5) is 15.1.